The highest BCUT2D eigenvalue weighted by Crippen LogP contribution is 2.25. The molecule has 1 aromatic rings. The number of hydrogen-bond acceptors (Lipinski definition) is 3. The second kappa shape index (κ2) is 5.35. The fraction of sp³-hybridized carbons (Fsp3) is 0.462. The average molecular weight is 253 g/mol. The van der Waals surface area contributed by atoms with E-state index < -0.39 is 11.8 Å². The van der Waals surface area contributed by atoms with Crippen LogP contribution < -0.4 is 4.90 Å². The second-order valence-corrected chi connectivity index (χ2v) is 4.42. The molecule has 0 spiro atoms. The molecule has 2 rings (SSSR count). The van der Waals surface area contributed by atoms with E-state index >= 15 is 0 Å². The highest BCUT2D eigenvalue weighted by atomic mass is 19.1. The topological polar surface area (TPSA) is 49.8 Å². The molecule has 1 unspecified atom stereocenters. The highest BCUT2D eigenvalue weighted by Gasteiger charge is 2.22. The maximum absolute atomic E-state index is 13.9. The van der Waals surface area contributed by atoms with Gasteiger partial charge in [0.1, 0.15) is 5.82 Å². The van der Waals surface area contributed by atoms with Gasteiger partial charge in [-0.25, -0.2) is 9.18 Å². The molecule has 1 aliphatic heterocycles. The Morgan fingerprint density at radius 2 is 2.33 bits per heavy atom. The van der Waals surface area contributed by atoms with Crippen molar-refractivity contribution in [3.63, 3.8) is 0 Å². The predicted molar refractivity (Wildman–Crippen MR) is 65.6 cm³/mol. The van der Waals surface area contributed by atoms with Crippen LogP contribution >= 0.6 is 0 Å². The summed E-state index contributed by atoms with van der Waals surface area (Å²) in [5.74, 6) is -1.61. The van der Waals surface area contributed by atoms with Crippen LogP contribution in [0.2, 0.25) is 0 Å². The van der Waals surface area contributed by atoms with E-state index in [1.807, 2.05) is 4.90 Å². The molecular formula is C13H16FNO3. The molecule has 4 nitrogen and oxygen atoms in total. The van der Waals surface area contributed by atoms with Crippen LogP contribution in [-0.2, 0) is 4.74 Å². The van der Waals surface area contributed by atoms with E-state index in [2.05, 4.69) is 0 Å². The quantitative estimate of drug-likeness (QED) is 0.896. The average Bonchev–Trinajstić information content (AvgIpc) is 2.38. The number of benzene rings is 1. The van der Waals surface area contributed by atoms with Crippen LogP contribution in [0.5, 0.6) is 0 Å². The molecule has 5 heteroatoms. The molecule has 0 radical (unpaired) electrons. The molecule has 98 valence electrons. The number of piperidine rings is 1. The van der Waals surface area contributed by atoms with Crippen molar-refractivity contribution in [3.8, 4) is 0 Å². The smallest absolute Gasteiger partial charge is 0.335 e. The van der Waals surface area contributed by atoms with Gasteiger partial charge in [0.2, 0.25) is 0 Å². The number of ether oxygens (including phenoxy) is 1. The van der Waals surface area contributed by atoms with Crippen molar-refractivity contribution in [2.24, 2.45) is 0 Å². The van der Waals surface area contributed by atoms with Gasteiger partial charge in [0.15, 0.2) is 0 Å². The van der Waals surface area contributed by atoms with Crippen LogP contribution in [0.1, 0.15) is 23.2 Å². The Bertz CT molecular complexity index is 450. The van der Waals surface area contributed by atoms with Gasteiger partial charge < -0.3 is 14.7 Å². The first-order valence-electron chi connectivity index (χ1n) is 5.92. The zero-order valence-electron chi connectivity index (χ0n) is 10.2. The van der Waals surface area contributed by atoms with E-state index in [9.17, 15) is 9.18 Å². The first-order chi connectivity index (χ1) is 8.61. The van der Waals surface area contributed by atoms with E-state index in [4.69, 9.17) is 9.84 Å². The number of rotatable bonds is 3. The Morgan fingerprint density at radius 1 is 1.56 bits per heavy atom. The first kappa shape index (κ1) is 12.8. The third-order valence-electron chi connectivity index (χ3n) is 3.25. The largest absolute Gasteiger partial charge is 0.478 e. The van der Waals surface area contributed by atoms with Crippen molar-refractivity contribution in [2.45, 2.75) is 18.9 Å². The maximum Gasteiger partial charge on any atom is 0.335 e. The minimum absolute atomic E-state index is 0.0310. The summed E-state index contributed by atoms with van der Waals surface area (Å²) in [5, 5.41) is 8.79. The molecule has 0 aromatic heterocycles. The van der Waals surface area contributed by atoms with Crippen molar-refractivity contribution in [2.75, 3.05) is 25.1 Å². The lowest BCUT2D eigenvalue weighted by Crippen LogP contribution is -2.39. The van der Waals surface area contributed by atoms with Gasteiger partial charge in [0.05, 0.1) is 17.4 Å². The summed E-state index contributed by atoms with van der Waals surface area (Å²) in [7, 11) is 1.65. The fourth-order valence-electron chi connectivity index (χ4n) is 2.25. The molecule has 1 N–H and O–H groups in total. The van der Waals surface area contributed by atoms with Crippen molar-refractivity contribution >= 4 is 11.7 Å². The summed E-state index contributed by atoms with van der Waals surface area (Å²) in [4.78, 5) is 12.6. The molecule has 1 atom stereocenters. The Morgan fingerprint density at radius 3 is 2.94 bits per heavy atom. The minimum atomic E-state index is -1.12. The van der Waals surface area contributed by atoms with Crippen LogP contribution in [0, 0.1) is 5.82 Å². The summed E-state index contributed by atoms with van der Waals surface area (Å²) in [5.41, 5.74) is 0.415. The molecule has 18 heavy (non-hydrogen) atoms. The SMILES string of the molecule is COC1CCCN(c2ccc(C(=O)O)cc2F)C1. The number of hydrogen-bond donors (Lipinski definition) is 1. The Balaban J connectivity index is 2.20. The molecule has 0 aliphatic carbocycles. The number of carboxylic acids is 1. The van der Waals surface area contributed by atoms with Gasteiger partial charge in [-0.2, -0.15) is 0 Å². The van der Waals surface area contributed by atoms with Gasteiger partial charge in [-0.05, 0) is 31.0 Å². The zero-order valence-corrected chi connectivity index (χ0v) is 10.2. The fourth-order valence-corrected chi connectivity index (χ4v) is 2.25. The van der Waals surface area contributed by atoms with E-state index in [1.54, 1.807) is 7.11 Å². The molecule has 1 aromatic carbocycles. The van der Waals surface area contributed by atoms with Crippen LogP contribution in [0.4, 0.5) is 10.1 Å². The lowest BCUT2D eigenvalue weighted by atomic mass is 10.1. The summed E-state index contributed by atoms with van der Waals surface area (Å²) in [6.45, 7) is 1.41. The van der Waals surface area contributed by atoms with Gasteiger partial charge in [-0.3, -0.25) is 0 Å². The first-order valence-corrected chi connectivity index (χ1v) is 5.92. The normalized spacial score (nSPS) is 19.9. The number of anilines is 1. The van der Waals surface area contributed by atoms with Gasteiger partial charge >= 0.3 is 5.97 Å². The molecule has 1 aliphatic rings. The molecule has 1 saturated heterocycles. The molecule has 1 heterocycles. The molecule has 0 amide bonds. The van der Waals surface area contributed by atoms with Crippen molar-refractivity contribution in [1.29, 1.82) is 0 Å². The molecule has 0 saturated carbocycles. The third-order valence-corrected chi connectivity index (χ3v) is 3.25. The third kappa shape index (κ3) is 2.61. The van der Waals surface area contributed by atoms with Crippen LogP contribution in [-0.4, -0.2) is 37.4 Å². The number of aromatic carboxylic acids is 1. The summed E-state index contributed by atoms with van der Waals surface area (Å²) >= 11 is 0. The summed E-state index contributed by atoms with van der Waals surface area (Å²) in [6, 6.07) is 4.02. The van der Waals surface area contributed by atoms with Crippen molar-refractivity contribution < 1.29 is 19.0 Å². The molecule has 1 fully saturated rings. The van der Waals surface area contributed by atoms with Crippen molar-refractivity contribution in [3.05, 3.63) is 29.6 Å². The highest BCUT2D eigenvalue weighted by molar-refractivity contribution is 5.88. The zero-order chi connectivity index (χ0) is 13.1. The van der Waals surface area contributed by atoms with Gasteiger partial charge in [-0.15, -0.1) is 0 Å². The Hall–Kier alpha value is -1.62. The predicted octanol–water partition coefficient (Wildman–Crippen LogP) is 2.14. The summed E-state index contributed by atoms with van der Waals surface area (Å²) < 4.78 is 19.2. The Labute approximate surface area is 105 Å². The van der Waals surface area contributed by atoms with E-state index in [-0.39, 0.29) is 11.7 Å². The van der Waals surface area contributed by atoms with Crippen molar-refractivity contribution in [1.82, 2.24) is 0 Å². The van der Waals surface area contributed by atoms with Gasteiger partial charge in [-0.1, -0.05) is 0 Å². The van der Waals surface area contributed by atoms with Crippen LogP contribution in [0.25, 0.3) is 0 Å². The number of methoxy groups -OCH3 is 1. The van der Waals surface area contributed by atoms with Crippen LogP contribution in [0.15, 0.2) is 18.2 Å². The van der Waals surface area contributed by atoms with E-state index in [1.165, 1.54) is 12.1 Å². The lowest BCUT2D eigenvalue weighted by molar-refractivity contribution is 0.0696. The second-order valence-electron chi connectivity index (χ2n) is 4.42. The van der Waals surface area contributed by atoms with Gasteiger partial charge in [0, 0.05) is 20.2 Å². The summed E-state index contributed by atoms with van der Waals surface area (Å²) in [6.07, 6.45) is 2.03. The number of carbonyl (C=O) groups is 1. The van der Waals surface area contributed by atoms with E-state index in [0.717, 1.165) is 25.5 Å². The van der Waals surface area contributed by atoms with Gasteiger partial charge in [0.25, 0.3) is 0 Å². The maximum atomic E-state index is 13.9. The molecule has 0 bridgehead atoms. The number of carboxylic acid groups (broad SMARTS) is 1. The standard InChI is InChI=1S/C13H16FNO3/c1-18-10-3-2-6-15(8-10)12-5-4-9(13(16)17)7-11(12)14/h4-5,7,10H,2-3,6,8H2,1H3,(H,16,17). The monoisotopic (exact) mass is 253 g/mol. The lowest BCUT2D eigenvalue weighted by Gasteiger charge is -2.33. The van der Waals surface area contributed by atoms with E-state index in [0.29, 0.717) is 12.2 Å². The minimum Gasteiger partial charge on any atom is -0.478 e. The number of halogens is 1. The van der Waals surface area contributed by atoms with Crippen LogP contribution in [0.3, 0.4) is 0 Å². The number of nitrogens with zero attached hydrogens (tertiary/aromatic N) is 1. The molecular weight excluding hydrogens is 237 g/mol. The Kier molecular flexibility index (Phi) is 3.81.